The van der Waals surface area contributed by atoms with Crippen molar-refractivity contribution in [2.45, 2.75) is 18.4 Å². The minimum Gasteiger partial charge on any atom is -0.452 e. The normalized spacial score (nSPS) is 16.5. The van der Waals surface area contributed by atoms with Crippen molar-refractivity contribution in [1.29, 1.82) is 0 Å². The Morgan fingerprint density at radius 3 is 2.29 bits per heavy atom. The van der Waals surface area contributed by atoms with Gasteiger partial charge in [0.25, 0.3) is 0 Å². The Hall–Kier alpha value is -1.42. The molecule has 1 aliphatic carbocycles. The number of aromatic nitrogens is 2. The maximum atomic E-state index is 5.91. The maximum absolute atomic E-state index is 5.91. The van der Waals surface area contributed by atoms with Crippen molar-refractivity contribution in [2.24, 2.45) is 0 Å². The molecule has 1 fully saturated rings. The predicted octanol–water partition coefficient (Wildman–Crippen LogP) is 3.31. The molecule has 0 atom stereocenters. The molecule has 0 N–H and O–H groups in total. The molecule has 1 saturated carbocycles. The summed E-state index contributed by atoms with van der Waals surface area (Å²) in [7, 11) is 0. The van der Waals surface area contributed by atoms with Crippen LogP contribution in [0, 0.1) is 0 Å². The van der Waals surface area contributed by atoms with Crippen LogP contribution in [0.2, 0.25) is 0 Å². The fourth-order valence-corrected chi connectivity index (χ4v) is 2.04. The van der Waals surface area contributed by atoms with E-state index in [0.29, 0.717) is 6.01 Å². The molecule has 0 spiro atoms. The van der Waals surface area contributed by atoms with E-state index in [0.717, 1.165) is 17.3 Å². The molecule has 1 heterocycles. The fourth-order valence-electron chi connectivity index (χ4n) is 1.83. The average molecular weight is 291 g/mol. The van der Waals surface area contributed by atoms with E-state index in [9.17, 15) is 0 Å². The van der Waals surface area contributed by atoms with Gasteiger partial charge in [-0.2, -0.15) is 0 Å². The number of ether oxygens (including phenoxy) is 1. The van der Waals surface area contributed by atoms with Gasteiger partial charge in [-0.1, -0.05) is 30.3 Å². The summed E-state index contributed by atoms with van der Waals surface area (Å²) in [6.45, 7) is 0. The minimum atomic E-state index is -0.199. The van der Waals surface area contributed by atoms with Crippen LogP contribution in [0.5, 0.6) is 6.01 Å². The number of benzene rings is 1. The van der Waals surface area contributed by atoms with Gasteiger partial charge in [-0.3, -0.25) is 0 Å². The van der Waals surface area contributed by atoms with Crippen molar-refractivity contribution in [3.8, 4) is 6.01 Å². The Bertz CT molecular complexity index is 509. The summed E-state index contributed by atoms with van der Waals surface area (Å²) in [5, 5.41) is 0. The molecule has 0 radical (unpaired) electrons. The van der Waals surface area contributed by atoms with E-state index >= 15 is 0 Å². The Balaban J connectivity index is 1.83. The van der Waals surface area contributed by atoms with Crippen LogP contribution in [0.25, 0.3) is 0 Å². The third-order valence-corrected chi connectivity index (χ3v) is 3.30. The van der Waals surface area contributed by atoms with Crippen molar-refractivity contribution < 1.29 is 4.74 Å². The lowest BCUT2D eigenvalue weighted by molar-refractivity contribution is 0.163. The molecule has 0 unspecified atom stereocenters. The van der Waals surface area contributed by atoms with Gasteiger partial charge in [-0.05, 0) is 34.3 Å². The monoisotopic (exact) mass is 290 g/mol. The van der Waals surface area contributed by atoms with E-state index < -0.39 is 0 Å². The molecule has 4 heteroatoms. The largest absolute Gasteiger partial charge is 0.452 e. The highest BCUT2D eigenvalue weighted by Gasteiger charge is 2.47. The van der Waals surface area contributed by atoms with E-state index in [1.807, 2.05) is 18.2 Å². The third kappa shape index (κ3) is 2.17. The number of hydrogen-bond acceptors (Lipinski definition) is 3. The molecule has 1 aromatic heterocycles. The number of rotatable bonds is 3. The molecule has 17 heavy (non-hydrogen) atoms. The van der Waals surface area contributed by atoms with Crippen molar-refractivity contribution in [3.05, 3.63) is 52.8 Å². The molecule has 0 aliphatic heterocycles. The second-order valence-corrected chi connectivity index (χ2v) is 5.06. The summed E-state index contributed by atoms with van der Waals surface area (Å²) in [5.74, 6) is 0. The molecule has 0 bridgehead atoms. The van der Waals surface area contributed by atoms with Crippen molar-refractivity contribution >= 4 is 15.9 Å². The van der Waals surface area contributed by atoms with Gasteiger partial charge in [0.1, 0.15) is 5.60 Å². The van der Waals surface area contributed by atoms with Gasteiger partial charge in [-0.15, -0.1) is 0 Å². The highest BCUT2D eigenvalue weighted by Crippen LogP contribution is 2.48. The van der Waals surface area contributed by atoms with E-state index in [2.05, 4.69) is 38.0 Å². The van der Waals surface area contributed by atoms with Crippen molar-refractivity contribution in [3.63, 3.8) is 0 Å². The predicted molar refractivity (Wildman–Crippen MR) is 67.7 cm³/mol. The van der Waals surface area contributed by atoms with Gasteiger partial charge in [0.05, 0.1) is 4.47 Å². The van der Waals surface area contributed by atoms with E-state index in [-0.39, 0.29) is 5.60 Å². The van der Waals surface area contributed by atoms with Crippen molar-refractivity contribution in [1.82, 2.24) is 9.97 Å². The molecular weight excluding hydrogens is 280 g/mol. The second-order valence-electron chi connectivity index (χ2n) is 4.15. The van der Waals surface area contributed by atoms with Crippen LogP contribution < -0.4 is 4.74 Å². The standard InChI is InChI=1S/C13H11BrN2O/c14-11-8-15-12(16-9-11)17-13(6-7-13)10-4-2-1-3-5-10/h1-5,8-9H,6-7H2. The highest BCUT2D eigenvalue weighted by molar-refractivity contribution is 9.10. The van der Waals surface area contributed by atoms with E-state index in [4.69, 9.17) is 4.74 Å². The van der Waals surface area contributed by atoms with Gasteiger partial charge in [-0.25, -0.2) is 9.97 Å². The second kappa shape index (κ2) is 4.11. The van der Waals surface area contributed by atoms with Gasteiger partial charge in [0.15, 0.2) is 0 Å². The molecule has 3 nitrogen and oxygen atoms in total. The van der Waals surface area contributed by atoms with Crippen LogP contribution in [0.3, 0.4) is 0 Å². The van der Waals surface area contributed by atoms with Crippen LogP contribution in [-0.2, 0) is 5.60 Å². The Labute approximate surface area is 108 Å². The smallest absolute Gasteiger partial charge is 0.317 e. The molecule has 1 aliphatic rings. The summed E-state index contributed by atoms with van der Waals surface area (Å²) < 4.78 is 6.77. The number of nitrogens with zero attached hydrogens (tertiary/aromatic N) is 2. The Kier molecular flexibility index (Phi) is 2.59. The number of halogens is 1. The topological polar surface area (TPSA) is 35.0 Å². The molecule has 86 valence electrons. The average Bonchev–Trinajstić information content (AvgIpc) is 3.15. The van der Waals surface area contributed by atoms with E-state index in [1.54, 1.807) is 12.4 Å². The zero-order valence-electron chi connectivity index (χ0n) is 9.14. The lowest BCUT2D eigenvalue weighted by Crippen LogP contribution is -2.16. The summed E-state index contributed by atoms with van der Waals surface area (Å²) in [5.41, 5.74) is 1.00. The zero-order valence-corrected chi connectivity index (χ0v) is 10.7. The first-order valence-electron chi connectivity index (χ1n) is 5.51. The summed E-state index contributed by atoms with van der Waals surface area (Å²) >= 11 is 3.31. The van der Waals surface area contributed by atoms with Crippen molar-refractivity contribution in [2.75, 3.05) is 0 Å². The quantitative estimate of drug-likeness (QED) is 0.870. The maximum Gasteiger partial charge on any atom is 0.317 e. The summed E-state index contributed by atoms with van der Waals surface area (Å²) in [6.07, 6.45) is 5.44. The molecule has 3 rings (SSSR count). The lowest BCUT2D eigenvalue weighted by Gasteiger charge is -2.16. The summed E-state index contributed by atoms with van der Waals surface area (Å²) in [4.78, 5) is 8.30. The van der Waals surface area contributed by atoms with Crippen LogP contribution in [-0.4, -0.2) is 9.97 Å². The molecule has 0 amide bonds. The fraction of sp³-hybridized carbons (Fsp3) is 0.231. The highest BCUT2D eigenvalue weighted by atomic mass is 79.9. The first-order chi connectivity index (χ1) is 8.28. The molecule has 1 aromatic carbocycles. The Morgan fingerprint density at radius 2 is 1.71 bits per heavy atom. The van der Waals surface area contributed by atoms with Crippen LogP contribution >= 0.6 is 15.9 Å². The summed E-state index contributed by atoms with van der Waals surface area (Å²) in [6, 6.07) is 10.7. The lowest BCUT2D eigenvalue weighted by atomic mass is 10.1. The third-order valence-electron chi connectivity index (χ3n) is 2.89. The zero-order chi connectivity index (χ0) is 11.7. The molecular formula is C13H11BrN2O. The SMILES string of the molecule is Brc1cnc(OC2(c3ccccc3)CC2)nc1. The van der Waals surface area contributed by atoms with Crippen LogP contribution in [0.1, 0.15) is 18.4 Å². The van der Waals surface area contributed by atoms with Gasteiger partial charge in [0, 0.05) is 12.4 Å². The first kappa shape index (κ1) is 10.7. The molecule has 0 saturated heterocycles. The van der Waals surface area contributed by atoms with Gasteiger partial charge < -0.3 is 4.74 Å². The number of hydrogen-bond donors (Lipinski definition) is 0. The van der Waals surface area contributed by atoms with Crippen LogP contribution in [0.4, 0.5) is 0 Å². The van der Waals surface area contributed by atoms with Crippen LogP contribution in [0.15, 0.2) is 47.2 Å². The first-order valence-corrected chi connectivity index (χ1v) is 6.30. The molecule has 2 aromatic rings. The van der Waals surface area contributed by atoms with Gasteiger partial charge >= 0.3 is 6.01 Å². The van der Waals surface area contributed by atoms with E-state index in [1.165, 1.54) is 5.56 Å². The Morgan fingerprint density at radius 1 is 1.06 bits per heavy atom. The minimum absolute atomic E-state index is 0.199. The van der Waals surface area contributed by atoms with Gasteiger partial charge in [0.2, 0.25) is 0 Å².